The van der Waals surface area contributed by atoms with Crippen molar-refractivity contribution in [2.45, 2.75) is 39.7 Å². The number of hydrogen-bond acceptors (Lipinski definition) is 4. The van der Waals surface area contributed by atoms with Crippen LogP contribution in [-0.2, 0) is 0 Å². The van der Waals surface area contributed by atoms with E-state index in [2.05, 4.69) is 41.0 Å². The van der Waals surface area contributed by atoms with Crippen LogP contribution in [0.3, 0.4) is 0 Å². The van der Waals surface area contributed by atoms with Crippen LogP contribution in [0.5, 0.6) is 0 Å². The largest absolute Gasteiger partial charge is 0.354 e. The Morgan fingerprint density at radius 3 is 2.94 bits per heavy atom. The molecule has 94 valence electrons. The molecular weight excluding hydrogens is 212 g/mol. The van der Waals surface area contributed by atoms with Gasteiger partial charge in [0.15, 0.2) is 0 Å². The molecule has 0 spiro atoms. The molecule has 0 aliphatic carbocycles. The third-order valence-corrected chi connectivity index (χ3v) is 3.25. The predicted molar refractivity (Wildman–Crippen MR) is 71.4 cm³/mol. The standard InChI is InChI=1S/C13H22N4/c1-4-6-14-13-15-7-5-12(16-13)17-9-10(2)8-11(17)3/h5,7,10-11H,4,6,8-9H2,1-3H3,(H,14,15,16). The van der Waals surface area contributed by atoms with Gasteiger partial charge in [-0.15, -0.1) is 0 Å². The second-order valence-corrected chi connectivity index (χ2v) is 5.01. The first-order chi connectivity index (χ1) is 8.20. The van der Waals surface area contributed by atoms with E-state index in [-0.39, 0.29) is 0 Å². The van der Waals surface area contributed by atoms with E-state index >= 15 is 0 Å². The van der Waals surface area contributed by atoms with Crippen LogP contribution in [0.15, 0.2) is 12.3 Å². The van der Waals surface area contributed by atoms with Gasteiger partial charge >= 0.3 is 0 Å². The number of nitrogens with one attached hydrogen (secondary N) is 1. The lowest BCUT2D eigenvalue weighted by atomic mass is 10.1. The van der Waals surface area contributed by atoms with Crippen LogP contribution in [-0.4, -0.2) is 29.1 Å². The molecule has 1 N–H and O–H groups in total. The maximum absolute atomic E-state index is 4.58. The molecule has 0 radical (unpaired) electrons. The summed E-state index contributed by atoms with van der Waals surface area (Å²) >= 11 is 0. The minimum absolute atomic E-state index is 0.582. The van der Waals surface area contributed by atoms with Crippen molar-refractivity contribution in [3.8, 4) is 0 Å². The molecule has 0 aromatic carbocycles. The van der Waals surface area contributed by atoms with E-state index in [1.54, 1.807) is 0 Å². The average molecular weight is 234 g/mol. The number of rotatable bonds is 4. The van der Waals surface area contributed by atoms with Gasteiger partial charge in [0, 0.05) is 25.3 Å². The lowest BCUT2D eigenvalue weighted by Crippen LogP contribution is -2.27. The van der Waals surface area contributed by atoms with Crippen molar-refractivity contribution in [3.05, 3.63) is 12.3 Å². The summed E-state index contributed by atoms with van der Waals surface area (Å²) in [6, 6.07) is 2.59. The van der Waals surface area contributed by atoms with E-state index < -0.39 is 0 Å². The normalized spacial score (nSPS) is 24.1. The number of anilines is 2. The molecule has 0 bridgehead atoms. The summed E-state index contributed by atoms with van der Waals surface area (Å²) in [6.07, 6.45) is 4.18. The summed E-state index contributed by atoms with van der Waals surface area (Å²) in [7, 11) is 0. The van der Waals surface area contributed by atoms with Gasteiger partial charge in [0.05, 0.1) is 0 Å². The van der Waals surface area contributed by atoms with Crippen LogP contribution in [0.25, 0.3) is 0 Å². The number of hydrogen-bond donors (Lipinski definition) is 1. The highest BCUT2D eigenvalue weighted by molar-refractivity contribution is 5.44. The zero-order valence-corrected chi connectivity index (χ0v) is 11.0. The molecule has 2 unspecified atom stereocenters. The Morgan fingerprint density at radius 1 is 1.47 bits per heavy atom. The minimum Gasteiger partial charge on any atom is -0.354 e. The van der Waals surface area contributed by atoms with E-state index in [0.29, 0.717) is 6.04 Å². The third kappa shape index (κ3) is 2.87. The van der Waals surface area contributed by atoms with Crippen molar-refractivity contribution in [1.29, 1.82) is 0 Å². The molecule has 4 nitrogen and oxygen atoms in total. The molecule has 2 rings (SSSR count). The monoisotopic (exact) mass is 234 g/mol. The molecule has 2 heterocycles. The minimum atomic E-state index is 0.582. The number of nitrogens with zero attached hydrogens (tertiary/aromatic N) is 3. The van der Waals surface area contributed by atoms with E-state index in [4.69, 9.17) is 0 Å². The number of aromatic nitrogens is 2. The van der Waals surface area contributed by atoms with Crippen LogP contribution < -0.4 is 10.2 Å². The zero-order chi connectivity index (χ0) is 12.3. The fourth-order valence-corrected chi connectivity index (χ4v) is 2.45. The van der Waals surface area contributed by atoms with Crippen molar-refractivity contribution in [1.82, 2.24) is 9.97 Å². The van der Waals surface area contributed by atoms with Gasteiger partial charge in [0.25, 0.3) is 0 Å². The zero-order valence-electron chi connectivity index (χ0n) is 11.0. The van der Waals surface area contributed by atoms with Gasteiger partial charge in [-0.1, -0.05) is 13.8 Å². The quantitative estimate of drug-likeness (QED) is 0.869. The Labute approximate surface area is 103 Å². The van der Waals surface area contributed by atoms with Crippen molar-refractivity contribution >= 4 is 11.8 Å². The van der Waals surface area contributed by atoms with E-state index in [1.165, 1.54) is 6.42 Å². The van der Waals surface area contributed by atoms with Crippen molar-refractivity contribution in [2.75, 3.05) is 23.3 Å². The summed E-state index contributed by atoms with van der Waals surface area (Å²) in [5, 5.41) is 3.24. The summed E-state index contributed by atoms with van der Waals surface area (Å²) in [5.41, 5.74) is 0. The van der Waals surface area contributed by atoms with Crippen LogP contribution in [0.2, 0.25) is 0 Å². The lowest BCUT2D eigenvalue weighted by molar-refractivity contribution is 0.625. The molecule has 1 aliphatic heterocycles. The highest BCUT2D eigenvalue weighted by Gasteiger charge is 2.27. The van der Waals surface area contributed by atoms with Crippen LogP contribution in [0.4, 0.5) is 11.8 Å². The first-order valence-corrected chi connectivity index (χ1v) is 6.54. The summed E-state index contributed by atoms with van der Waals surface area (Å²) in [4.78, 5) is 11.2. The van der Waals surface area contributed by atoms with E-state index in [0.717, 1.165) is 37.2 Å². The Morgan fingerprint density at radius 2 is 2.29 bits per heavy atom. The summed E-state index contributed by atoms with van der Waals surface area (Å²) < 4.78 is 0. The van der Waals surface area contributed by atoms with Gasteiger partial charge in [-0.25, -0.2) is 4.98 Å². The van der Waals surface area contributed by atoms with Crippen molar-refractivity contribution in [2.24, 2.45) is 5.92 Å². The maximum atomic E-state index is 4.58. The molecule has 1 aromatic rings. The highest BCUT2D eigenvalue weighted by Crippen LogP contribution is 2.27. The van der Waals surface area contributed by atoms with Gasteiger partial charge in [0.2, 0.25) is 5.95 Å². The Hall–Kier alpha value is -1.32. The lowest BCUT2D eigenvalue weighted by Gasteiger charge is -2.22. The molecule has 2 atom stereocenters. The second kappa shape index (κ2) is 5.34. The molecular formula is C13H22N4. The Kier molecular flexibility index (Phi) is 3.82. The van der Waals surface area contributed by atoms with Crippen molar-refractivity contribution in [3.63, 3.8) is 0 Å². The smallest absolute Gasteiger partial charge is 0.224 e. The highest BCUT2D eigenvalue weighted by atomic mass is 15.3. The SMILES string of the molecule is CCCNc1nccc(N2CC(C)CC2C)n1. The molecule has 1 aliphatic rings. The van der Waals surface area contributed by atoms with Gasteiger partial charge in [0.1, 0.15) is 5.82 Å². The van der Waals surface area contributed by atoms with Crippen molar-refractivity contribution < 1.29 is 0 Å². The molecule has 17 heavy (non-hydrogen) atoms. The van der Waals surface area contributed by atoms with Gasteiger partial charge in [-0.05, 0) is 31.7 Å². The molecule has 0 amide bonds. The Balaban J connectivity index is 2.10. The molecule has 4 heteroatoms. The van der Waals surface area contributed by atoms with Crippen LogP contribution in [0, 0.1) is 5.92 Å². The fraction of sp³-hybridized carbons (Fsp3) is 0.692. The average Bonchev–Trinajstić information content (AvgIpc) is 2.66. The molecule has 1 aromatic heterocycles. The van der Waals surface area contributed by atoms with Gasteiger partial charge in [-0.2, -0.15) is 4.98 Å². The predicted octanol–water partition coefficient (Wildman–Crippen LogP) is 2.53. The van der Waals surface area contributed by atoms with Crippen LogP contribution >= 0.6 is 0 Å². The molecule has 1 saturated heterocycles. The van der Waals surface area contributed by atoms with E-state index in [9.17, 15) is 0 Å². The second-order valence-electron chi connectivity index (χ2n) is 5.01. The third-order valence-electron chi connectivity index (χ3n) is 3.25. The summed E-state index contributed by atoms with van der Waals surface area (Å²) in [6.45, 7) is 8.74. The Bertz CT molecular complexity index is 366. The maximum Gasteiger partial charge on any atom is 0.224 e. The van der Waals surface area contributed by atoms with Crippen LogP contribution in [0.1, 0.15) is 33.6 Å². The van der Waals surface area contributed by atoms with E-state index in [1.807, 2.05) is 12.3 Å². The topological polar surface area (TPSA) is 41.1 Å². The van der Waals surface area contributed by atoms with Gasteiger partial charge in [-0.3, -0.25) is 0 Å². The fourth-order valence-electron chi connectivity index (χ4n) is 2.45. The van der Waals surface area contributed by atoms with Gasteiger partial charge < -0.3 is 10.2 Å². The first kappa shape index (κ1) is 12.1. The first-order valence-electron chi connectivity index (χ1n) is 6.54. The molecule has 0 saturated carbocycles. The molecule has 1 fully saturated rings. The summed E-state index contributed by atoms with van der Waals surface area (Å²) in [5.74, 6) is 2.55.